The Morgan fingerprint density at radius 1 is 1.33 bits per heavy atom. The van der Waals surface area contributed by atoms with E-state index in [1.807, 2.05) is 45.0 Å². The summed E-state index contributed by atoms with van der Waals surface area (Å²) in [7, 11) is 0. The normalized spacial score (nSPS) is 24.2. The number of carbonyl (C=O) groups is 2. The van der Waals surface area contributed by atoms with Crippen LogP contribution >= 0.6 is 11.6 Å². The predicted octanol–water partition coefficient (Wildman–Crippen LogP) is 2.74. The van der Waals surface area contributed by atoms with Gasteiger partial charge in [-0.1, -0.05) is 43.6 Å². The Hall–Kier alpha value is -1.55. The van der Waals surface area contributed by atoms with E-state index in [0.29, 0.717) is 11.4 Å². The topological polar surface area (TPSA) is 66.4 Å². The molecule has 1 saturated carbocycles. The van der Waals surface area contributed by atoms with Gasteiger partial charge in [-0.25, -0.2) is 0 Å². The molecule has 3 unspecified atom stereocenters. The summed E-state index contributed by atoms with van der Waals surface area (Å²) < 4.78 is 0. The highest BCUT2D eigenvalue weighted by Crippen LogP contribution is 2.58. The number of hydrogen-bond donors (Lipinski definition) is 2. The van der Waals surface area contributed by atoms with Gasteiger partial charge in [-0.3, -0.25) is 9.59 Å². The number of carboxylic acid groups (broad SMARTS) is 1. The van der Waals surface area contributed by atoms with Gasteiger partial charge in [0.2, 0.25) is 5.91 Å². The summed E-state index contributed by atoms with van der Waals surface area (Å²) in [5.74, 6) is -2.14. The van der Waals surface area contributed by atoms with Gasteiger partial charge in [-0.15, -0.1) is 0 Å². The zero-order valence-electron chi connectivity index (χ0n) is 12.4. The maximum absolute atomic E-state index is 12.2. The van der Waals surface area contributed by atoms with Crippen molar-refractivity contribution in [1.82, 2.24) is 5.32 Å². The summed E-state index contributed by atoms with van der Waals surface area (Å²) in [5.41, 5.74) is 0.497. The van der Waals surface area contributed by atoms with E-state index in [2.05, 4.69) is 5.32 Å². The van der Waals surface area contributed by atoms with Crippen molar-refractivity contribution in [1.29, 1.82) is 0 Å². The minimum Gasteiger partial charge on any atom is -0.481 e. The fourth-order valence-electron chi connectivity index (χ4n) is 2.97. The lowest BCUT2D eigenvalue weighted by atomic mass is 10.1. The average Bonchev–Trinajstić information content (AvgIpc) is 2.95. The lowest BCUT2D eigenvalue weighted by molar-refractivity contribution is -0.140. The highest BCUT2D eigenvalue weighted by Gasteiger charge is 2.65. The molecule has 2 rings (SSSR count). The van der Waals surface area contributed by atoms with E-state index in [9.17, 15) is 9.59 Å². The molecule has 1 aromatic rings. The SMILES string of the molecule is CC(Cc1ccccc1Cl)NC(=O)C1C(C(=O)O)C1(C)C. The van der Waals surface area contributed by atoms with Crippen LogP contribution in [0.1, 0.15) is 26.3 Å². The number of benzene rings is 1. The largest absolute Gasteiger partial charge is 0.481 e. The monoisotopic (exact) mass is 309 g/mol. The Balaban J connectivity index is 1.95. The summed E-state index contributed by atoms with van der Waals surface area (Å²) in [6.45, 7) is 5.52. The number of nitrogens with one attached hydrogen (secondary N) is 1. The van der Waals surface area contributed by atoms with E-state index in [4.69, 9.17) is 16.7 Å². The molecule has 5 heteroatoms. The second-order valence-electron chi connectivity index (χ2n) is 6.32. The maximum Gasteiger partial charge on any atom is 0.307 e. The molecular formula is C16H20ClNO3. The Morgan fingerprint density at radius 3 is 2.48 bits per heavy atom. The van der Waals surface area contributed by atoms with Crippen LogP contribution in [0.5, 0.6) is 0 Å². The minimum atomic E-state index is -0.904. The van der Waals surface area contributed by atoms with Crippen LogP contribution in [0.25, 0.3) is 0 Å². The average molecular weight is 310 g/mol. The van der Waals surface area contributed by atoms with Crippen LogP contribution in [0.15, 0.2) is 24.3 Å². The Labute approximate surface area is 129 Å². The van der Waals surface area contributed by atoms with Crippen molar-refractivity contribution in [3.8, 4) is 0 Å². The van der Waals surface area contributed by atoms with Crippen LogP contribution < -0.4 is 5.32 Å². The molecular weight excluding hydrogens is 290 g/mol. The van der Waals surface area contributed by atoms with Crippen LogP contribution in [0, 0.1) is 17.3 Å². The maximum atomic E-state index is 12.2. The molecule has 0 heterocycles. The minimum absolute atomic E-state index is 0.0942. The van der Waals surface area contributed by atoms with E-state index < -0.39 is 23.2 Å². The second-order valence-corrected chi connectivity index (χ2v) is 6.73. The van der Waals surface area contributed by atoms with Gasteiger partial charge in [0.1, 0.15) is 0 Å². The molecule has 21 heavy (non-hydrogen) atoms. The molecule has 0 aromatic heterocycles. The summed E-state index contributed by atoms with van der Waals surface area (Å²) in [5, 5.41) is 12.7. The van der Waals surface area contributed by atoms with Crippen molar-refractivity contribution in [2.75, 3.05) is 0 Å². The standard InChI is InChI=1S/C16H20ClNO3/c1-9(8-10-6-4-5-7-11(10)17)18-14(19)12-13(15(20)21)16(12,2)3/h4-7,9,12-13H,8H2,1-3H3,(H,18,19)(H,20,21). The highest BCUT2D eigenvalue weighted by atomic mass is 35.5. The highest BCUT2D eigenvalue weighted by molar-refractivity contribution is 6.31. The molecule has 1 aliphatic rings. The first-order valence-corrected chi connectivity index (χ1v) is 7.39. The molecule has 1 fully saturated rings. The Bertz CT molecular complexity index is 570. The fraction of sp³-hybridized carbons (Fsp3) is 0.500. The van der Waals surface area contributed by atoms with Gasteiger partial charge in [-0.2, -0.15) is 0 Å². The molecule has 114 valence electrons. The van der Waals surface area contributed by atoms with E-state index >= 15 is 0 Å². The molecule has 4 nitrogen and oxygen atoms in total. The smallest absolute Gasteiger partial charge is 0.307 e. The zero-order valence-corrected chi connectivity index (χ0v) is 13.1. The molecule has 1 aromatic carbocycles. The van der Waals surface area contributed by atoms with Gasteiger partial charge in [0.15, 0.2) is 0 Å². The molecule has 0 saturated heterocycles. The van der Waals surface area contributed by atoms with Crippen molar-refractivity contribution in [3.05, 3.63) is 34.9 Å². The zero-order chi connectivity index (χ0) is 15.8. The van der Waals surface area contributed by atoms with Crippen LogP contribution in [0.4, 0.5) is 0 Å². The second kappa shape index (κ2) is 5.68. The third-order valence-corrected chi connectivity index (χ3v) is 4.62. The lowest BCUT2D eigenvalue weighted by Gasteiger charge is -2.15. The van der Waals surface area contributed by atoms with Crippen LogP contribution in [-0.2, 0) is 16.0 Å². The number of halogens is 1. The molecule has 1 amide bonds. The van der Waals surface area contributed by atoms with E-state index in [1.54, 1.807) is 0 Å². The van der Waals surface area contributed by atoms with E-state index in [0.717, 1.165) is 5.56 Å². The summed E-state index contributed by atoms with van der Waals surface area (Å²) in [6.07, 6.45) is 0.621. The van der Waals surface area contributed by atoms with E-state index in [1.165, 1.54) is 0 Å². The van der Waals surface area contributed by atoms with Gasteiger partial charge in [0.05, 0.1) is 11.8 Å². The third-order valence-electron chi connectivity index (χ3n) is 4.25. The number of carboxylic acids is 1. The van der Waals surface area contributed by atoms with Crippen molar-refractivity contribution in [2.45, 2.75) is 33.2 Å². The lowest BCUT2D eigenvalue weighted by Crippen LogP contribution is -2.36. The number of hydrogen-bond acceptors (Lipinski definition) is 2. The third kappa shape index (κ3) is 3.21. The van der Waals surface area contributed by atoms with Crippen molar-refractivity contribution >= 4 is 23.5 Å². The quantitative estimate of drug-likeness (QED) is 0.879. The molecule has 0 aliphatic heterocycles. The molecule has 0 radical (unpaired) electrons. The van der Waals surface area contributed by atoms with Gasteiger partial charge in [-0.05, 0) is 30.4 Å². The van der Waals surface area contributed by atoms with Gasteiger partial charge < -0.3 is 10.4 Å². The first kappa shape index (κ1) is 15.8. The van der Waals surface area contributed by atoms with Crippen LogP contribution in [0.3, 0.4) is 0 Å². The number of rotatable bonds is 5. The number of carbonyl (C=O) groups excluding carboxylic acids is 1. The number of aliphatic carboxylic acids is 1. The Kier molecular flexibility index (Phi) is 4.28. The predicted molar refractivity (Wildman–Crippen MR) is 81.2 cm³/mol. The first-order chi connectivity index (χ1) is 9.75. The first-order valence-electron chi connectivity index (χ1n) is 7.01. The summed E-state index contributed by atoms with van der Waals surface area (Å²) >= 11 is 6.10. The van der Waals surface area contributed by atoms with Crippen LogP contribution in [-0.4, -0.2) is 23.0 Å². The molecule has 2 N–H and O–H groups in total. The van der Waals surface area contributed by atoms with Crippen LogP contribution in [0.2, 0.25) is 5.02 Å². The molecule has 0 spiro atoms. The summed E-state index contributed by atoms with van der Waals surface area (Å²) in [6, 6.07) is 7.41. The summed E-state index contributed by atoms with van der Waals surface area (Å²) in [4.78, 5) is 23.3. The van der Waals surface area contributed by atoms with Crippen molar-refractivity contribution < 1.29 is 14.7 Å². The Morgan fingerprint density at radius 2 is 1.95 bits per heavy atom. The molecule has 3 atom stereocenters. The van der Waals surface area contributed by atoms with Gasteiger partial charge in [0.25, 0.3) is 0 Å². The number of amides is 1. The van der Waals surface area contributed by atoms with E-state index in [-0.39, 0.29) is 11.9 Å². The molecule has 1 aliphatic carbocycles. The van der Waals surface area contributed by atoms with Crippen molar-refractivity contribution in [2.24, 2.45) is 17.3 Å². The van der Waals surface area contributed by atoms with Gasteiger partial charge >= 0.3 is 5.97 Å². The van der Waals surface area contributed by atoms with Crippen molar-refractivity contribution in [3.63, 3.8) is 0 Å². The fourth-order valence-corrected chi connectivity index (χ4v) is 3.18. The molecule has 0 bridgehead atoms. The van der Waals surface area contributed by atoms with Gasteiger partial charge in [0, 0.05) is 11.1 Å².